The van der Waals surface area contributed by atoms with E-state index < -0.39 is 34.1 Å². The molecule has 1 atom stereocenters. The van der Waals surface area contributed by atoms with E-state index in [0.717, 1.165) is 11.3 Å². The number of piperazine rings is 1. The number of fused-ring (bicyclic) bond motifs is 5. The van der Waals surface area contributed by atoms with E-state index in [4.69, 9.17) is 18.9 Å². The molecule has 2 aromatic carbocycles. The molecule has 4 aliphatic heterocycles. The molecule has 0 N–H and O–H groups in total. The Morgan fingerprint density at radius 1 is 1.03 bits per heavy atom. The third kappa shape index (κ3) is 3.45. The van der Waals surface area contributed by atoms with Crippen LogP contribution in [0.15, 0.2) is 36.4 Å². The average molecular weight is 495 g/mol. The second-order valence-electron chi connectivity index (χ2n) is 10.0. The van der Waals surface area contributed by atoms with Crippen molar-refractivity contribution in [3.05, 3.63) is 57.6 Å². The predicted molar refractivity (Wildman–Crippen MR) is 124 cm³/mol. The number of rotatable bonds is 3. The van der Waals surface area contributed by atoms with Gasteiger partial charge in [-0.15, -0.1) is 0 Å². The Balaban J connectivity index is 1.37. The van der Waals surface area contributed by atoms with Gasteiger partial charge in [-0.3, -0.25) is 24.6 Å². The van der Waals surface area contributed by atoms with Crippen LogP contribution >= 0.6 is 0 Å². The number of nitro groups is 1. The quantitative estimate of drug-likeness (QED) is 0.272. The van der Waals surface area contributed by atoms with Gasteiger partial charge >= 0.3 is 11.9 Å². The second kappa shape index (κ2) is 7.82. The monoisotopic (exact) mass is 495 g/mol. The van der Waals surface area contributed by atoms with Gasteiger partial charge in [-0.1, -0.05) is 6.07 Å². The summed E-state index contributed by atoms with van der Waals surface area (Å²) in [5, 5.41) is 11.4. The number of cyclic esters (lactones) is 2. The van der Waals surface area contributed by atoms with E-state index in [-0.39, 0.29) is 18.9 Å². The number of non-ortho nitro benzene ring substituents is 1. The molecule has 4 aliphatic rings. The maximum Gasteiger partial charge on any atom is 0.329 e. The van der Waals surface area contributed by atoms with Crippen molar-refractivity contribution in [2.75, 3.05) is 31.3 Å². The molecule has 0 aromatic heterocycles. The Morgan fingerprint density at radius 2 is 1.78 bits per heavy atom. The maximum atomic E-state index is 13.5. The predicted octanol–water partition coefficient (Wildman–Crippen LogP) is 2.39. The summed E-state index contributed by atoms with van der Waals surface area (Å²) in [6.07, 6.45) is -0.0310. The average Bonchev–Trinajstić information content (AvgIpc) is 3.29. The molecular weight excluding hydrogens is 470 g/mol. The Hall–Kier alpha value is -3.86. The van der Waals surface area contributed by atoms with Crippen LogP contribution in [0.25, 0.3) is 0 Å². The van der Waals surface area contributed by atoms with E-state index in [2.05, 4.69) is 4.90 Å². The van der Waals surface area contributed by atoms with Gasteiger partial charge in [0, 0.05) is 64.3 Å². The fourth-order valence-corrected chi connectivity index (χ4v) is 5.67. The van der Waals surface area contributed by atoms with Crippen molar-refractivity contribution in [2.24, 2.45) is 5.41 Å². The zero-order valence-electron chi connectivity index (χ0n) is 19.9. The Bertz CT molecular complexity index is 1270. The van der Waals surface area contributed by atoms with Crippen molar-refractivity contribution in [3.8, 4) is 11.5 Å². The highest BCUT2D eigenvalue weighted by atomic mass is 16.7. The molecule has 0 unspecified atom stereocenters. The third-order valence-electron chi connectivity index (χ3n) is 7.33. The number of hydrogen-bond donors (Lipinski definition) is 0. The number of carbonyl (C=O) groups is 2. The molecule has 188 valence electrons. The first kappa shape index (κ1) is 22.6. The third-order valence-corrected chi connectivity index (χ3v) is 7.33. The van der Waals surface area contributed by atoms with Gasteiger partial charge in [0.05, 0.1) is 11.0 Å². The van der Waals surface area contributed by atoms with Crippen LogP contribution in [-0.4, -0.2) is 60.0 Å². The number of nitrogens with zero attached hydrogens (tertiary/aromatic N) is 3. The molecule has 0 radical (unpaired) electrons. The van der Waals surface area contributed by atoms with Crippen LogP contribution in [0.3, 0.4) is 0 Å². The number of ether oxygens (including phenoxy) is 4. The summed E-state index contributed by atoms with van der Waals surface area (Å²) in [6.45, 7) is 5.39. The van der Waals surface area contributed by atoms with Gasteiger partial charge in [0.15, 0.2) is 16.9 Å². The molecule has 1 spiro atoms. The molecule has 2 fully saturated rings. The van der Waals surface area contributed by atoms with Gasteiger partial charge in [0.2, 0.25) is 6.79 Å². The standard InChI is InChI=1S/C25H25N3O8/c1-24(2)35-22(29)25(23(30)36-24)11-16-10-17(28(31)32)4-5-18(16)27-8-7-26(13-21(25)27)12-15-3-6-19-20(9-15)34-14-33-19/h3-6,9-10,21H,7-8,11-14H2,1-2H3/t21-/m1/s1. The van der Waals surface area contributed by atoms with Crippen LogP contribution in [0.5, 0.6) is 11.5 Å². The second-order valence-corrected chi connectivity index (χ2v) is 10.0. The molecule has 0 saturated carbocycles. The van der Waals surface area contributed by atoms with Gasteiger partial charge < -0.3 is 23.8 Å². The largest absolute Gasteiger partial charge is 0.454 e. The van der Waals surface area contributed by atoms with Gasteiger partial charge in [-0.05, 0) is 29.3 Å². The smallest absolute Gasteiger partial charge is 0.329 e. The Kier molecular flexibility index (Phi) is 4.91. The molecule has 6 rings (SSSR count). The van der Waals surface area contributed by atoms with Crippen LogP contribution < -0.4 is 14.4 Å². The molecule has 2 saturated heterocycles. The summed E-state index contributed by atoms with van der Waals surface area (Å²) >= 11 is 0. The van der Waals surface area contributed by atoms with Gasteiger partial charge in [0.25, 0.3) is 11.5 Å². The lowest BCUT2D eigenvalue weighted by Gasteiger charge is -2.54. The van der Waals surface area contributed by atoms with Crippen LogP contribution in [0.4, 0.5) is 11.4 Å². The molecule has 0 bridgehead atoms. The molecule has 4 heterocycles. The number of hydrogen-bond acceptors (Lipinski definition) is 10. The normalized spacial score (nSPS) is 23.5. The van der Waals surface area contributed by atoms with E-state index in [9.17, 15) is 19.7 Å². The first-order chi connectivity index (χ1) is 17.2. The van der Waals surface area contributed by atoms with Crippen molar-refractivity contribution >= 4 is 23.3 Å². The van der Waals surface area contributed by atoms with E-state index in [0.29, 0.717) is 43.2 Å². The summed E-state index contributed by atoms with van der Waals surface area (Å²) < 4.78 is 22.1. The summed E-state index contributed by atoms with van der Waals surface area (Å²) in [6, 6.07) is 9.80. The first-order valence-corrected chi connectivity index (χ1v) is 11.8. The minimum atomic E-state index is -1.63. The van der Waals surface area contributed by atoms with Gasteiger partial charge in [-0.2, -0.15) is 0 Å². The summed E-state index contributed by atoms with van der Waals surface area (Å²) in [7, 11) is 0. The molecular formula is C25H25N3O8. The Morgan fingerprint density at radius 3 is 2.53 bits per heavy atom. The van der Waals surface area contributed by atoms with Crippen molar-refractivity contribution < 1.29 is 33.5 Å². The van der Waals surface area contributed by atoms with Crippen molar-refractivity contribution in [2.45, 2.75) is 38.6 Å². The van der Waals surface area contributed by atoms with Crippen LogP contribution in [0.2, 0.25) is 0 Å². The minimum Gasteiger partial charge on any atom is -0.454 e. The molecule has 11 nitrogen and oxygen atoms in total. The lowest BCUT2D eigenvalue weighted by molar-refractivity contribution is -0.384. The first-order valence-electron chi connectivity index (χ1n) is 11.8. The highest BCUT2D eigenvalue weighted by Gasteiger charge is 2.64. The fourth-order valence-electron chi connectivity index (χ4n) is 5.67. The zero-order chi connectivity index (χ0) is 25.2. The van der Waals surface area contributed by atoms with E-state index in [1.165, 1.54) is 26.0 Å². The SMILES string of the molecule is CC1(C)OC(=O)C2(Cc3cc([N+](=O)[O-])ccc3N3CCN(Cc4ccc5c(c4)OCO5)C[C@@H]32)C(=O)O1. The van der Waals surface area contributed by atoms with Gasteiger partial charge in [-0.25, -0.2) is 0 Å². The van der Waals surface area contributed by atoms with Crippen LogP contribution in [0.1, 0.15) is 25.0 Å². The molecule has 2 aromatic rings. The van der Waals surface area contributed by atoms with Crippen LogP contribution in [-0.2, 0) is 32.0 Å². The topological polar surface area (TPSA) is 121 Å². The molecule has 11 heteroatoms. The summed E-state index contributed by atoms with van der Waals surface area (Å²) in [5.74, 6) is -1.32. The lowest BCUT2D eigenvalue weighted by atomic mass is 9.69. The maximum absolute atomic E-state index is 13.5. The number of benzene rings is 2. The number of anilines is 1. The van der Waals surface area contributed by atoms with Crippen LogP contribution in [0, 0.1) is 15.5 Å². The summed E-state index contributed by atoms with van der Waals surface area (Å²) in [5.41, 5.74) is 0.624. The summed E-state index contributed by atoms with van der Waals surface area (Å²) in [4.78, 5) is 42.2. The lowest BCUT2D eigenvalue weighted by Crippen LogP contribution is -2.70. The van der Waals surface area contributed by atoms with E-state index in [1.807, 2.05) is 23.1 Å². The number of carbonyl (C=O) groups excluding carboxylic acids is 2. The minimum absolute atomic E-state index is 0.0310. The van der Waals surface area contributed by atoms with Crippen molar-refractivity contribution in [1.29, 1.82) is 0 Å². The van der Waals surface area contributed by atoms with E-state index in [1.54, 1.807) is 6.07 Å². The van der Waals surface area contributed by atoms with Crippen molar-refractivity contribution in [3.63, 3.8) is 0 Å². The molecule has 0 aliphatic carbocycles. The fraction of sp³-hybridized carbons (Fsp3) is 0.440. The highest BCUT2D eigenvalue weighted by molar-refractivity contribution is 6.04. The Labute approximate surface area is 206 Å². The highest BCUT2D eigenvalue weighted by Crippen LogP contribution is 2.48. The zero-order valence-corrected chi connectivity index (χ0v) is 19.9. The molecule has 36 heavy (non-hydrogen) atoms. The molecule has 0 amide bonds. The number of esters is 2. The van der Waals surface area contributed by atoms with Crippen molar-refractivity contribution in [1.82, 2.24) is 4.90 Å². The van der Waals surface area contributed by atoms with E-state index >= 15 is 0 Å². The number of nitro benzene ring substituents is 1. The van der Waals surface area contributed by atoms with Gasteiger partial charge in [0.1, 0.15) is 0 Å².